The summed E-state index contributed by atoms with van der Waals surface area (Å²) in [7, 11) is 0. The van der Waals surface area contributed by atoms with E-state index in [9.17, 15) is 0 Å². The smallest absolute Gasteiger partial charge is 0.390 e. The first-order valence-corrected chi connectivity index (χ1v) is 7.97. The first kappa shape index (κ1) is 14.2. The van der Waals surface area contributed by atoms with Gasteiger partial charge in [-0.3, -0.25) is 0 Å². The second-order valence-corrected chi connectivity index (χ2v) is 5.98. The van der Waals surface area contributed by atoms with E-state index in [2.05, 4.69) is 0 Å². The summed E-state index contributed by atoms with van der Waals surface area (Å²) in [4.78, 5) is 0. The summed E-state index contributed by atoms with van der Waals surface area (Å²) in [5.74, 6) is 0. The molecule has 0 aliphatic carbocycles. The van der Waals surface area contributed by atoms with Crippen molar-refractivity contribution in [3.05, 3.63) is 66.0 Å². The lowest BCUT2D eigenvalue weighted by Gasteiger charge is -2.30. The molecule has 1 aromatic carbocycles. The standard InChI is InChI=1S/C18H17BF2N2/c1-2-6-15-9-10-16-13-17-11-12-18(14-7-4-3-5-8-14)23(17)19(20,21)22(15)16/h3-5,7-13H,2,6H2,1H3. The van der Waals surface area contributed by atoms with Crippen molar-refractivity contribution >= 4 is 18.8 Å². The van der Waals surface area contributed by atoms with Gasteiger partial charge in [0.05, 0.1) is 0 Å². The highest BCUT2D eigenvalue weighted by molar-refractivity contribution is 6.58. The third-order valence-electron chi connectivity index (χ3n) is 4.48. The van der Waals surface area contributed by atoms with Crippen LogP contribution in [0.5, 0.6) is 0 Å². The van der Waals surface area contributed by atoms with E-state index < -0.39 is 6.97 Å². The third kappa shape index (κ3) is 2.03. The molecule has 1 aromatic heterocycles. The quantitative estimate of drug-likeness (QED) is 0.735. The molecule has 0 atom stereocenters. The lowest BCUT2D eigenvalue weighted by Crippen LogP contribution is -2.50. The highest BCUT2D eigenvalue weighted by atomic mass is 19.2. The first-order chi connectivity index (χ1) is 11.1. The summed E-state index contributed by atoms with van der Waals surface area (Å²) in [5, 5.41) is 0. The number of hydrogen-bond acceptors (Lipinski definition) is 0. The third-order valence-corrected chi connectivity index (χ3v) is 4.48. The van der Waals surface area contributed by atoms with Gasteiger partial charge in [-0.15, -0.1) is 0 Å². The summed E-state index contributed by atoms with van der Waals surface area (Å²) in [6, 6.07) is 12.9. The number of rotatable bonds is 3. The largest absolute Gasteiger partial charge is 0.737 e. The van der Waals surface area contributed by atoms with Gasteiger partial charge in [0, 0.05) is 36.0 Å². The Morgan fingerprint density at radius 3 is 2.57 bits per heavy atom. The maximum Gasteiger partial charge on any atom is 0.737 e. The fourth-order valence-electron chi connectivity index (χ4n) is 3.50. The predicted molar refractivity (Wildman–Crippen MR) is 90.5 cm³/mol. The molecule has 0 saturated carbocycles. The van der Waals surface area contributed by atoms with Crippen molar-refractivity contribution in [2.75, 3.05) is 0 Å². The van der Waals surface area contributed by atoms with Gasteiger partial charge in [0.25, 0.3) is 0 Å². The molecule has 0 amide bonds. The first-order valence-electron chi connectivity index (χ1n) is 7.97. The second kappa shape index (κ2) is 5.05. The Kier molecular flexibility index (Phi) is 3.11. The maximum atomic E-state index is 15.4. The molecule has 0 saturated heterocycles. The summed E-state index contributed by atoms with van der Waals surface area (Å²) >= 11 is 0. The fraction of sp³-hybridized carbons (Fsp3) is 0.167. The van der Waals surface area contributed by atoms with E-state index in [4.69, 9.17) is 0 Å². The van der Waals surface area contributed by atoms with Crippen molar-refractivity contribution in [3.8, 4) is 11.3 Å². The number of halogens is 2. The van der Waals surface area contributed by atoms with Crippen molar-refractivity contribution < 1.29 is 13.1 Å². The van der Waals surface area contributed by atoms with E-state index >= 15 is 8.63 Å². The van der Waals surface area contributed by atoms with Crippen molar-refractivity contribution in [3.63, 3.8) is 0 Å². The molecule has 3 heterocycles. The lowest BCUT2D eigenvalue weighted by molar-refractivity contribution is -0.362. The van der Waals surface area contributed by atoms with Crippen molar-refractivity contribution in [1.29, 1.82) is 0 Å². The van der Waals surface area contributed by atoms with Crippen LogP contribution in [-0.2, 0) is 0 Å². The zero-order valence-electron chi connectivity index (χ0n) is 12.9. The number of allylic oxidation sites excluding steroid dienone is 2. The van der Waals surface area contributed by atoms with Crippen molar-refractivity contribution in [1.82, 2.24) is 4.48 Å². The van der Waals surface area contributed by atoms with Crippen molar-refractivity contribution in [2.24, 2.45) is 0 Å². The maximum absolute atomic E-state index is 15.4. The molecule has 2 aromatic rings. The average molecular weight is 310 g/mol. The SMILES string of the molecule is CCCC1=[N+]2C(=Cc3ccc(-c4ccccc4)n3[B-]2(F)F)C=C1. The molecular formula is C18H17BF2N2. The van der Waals surface area contributed by atoms with E-state index in [0.29, 0.717) is 29.2 Å². The second-order valence-electron chi connectivity index (χ2n) is 5.98. The molecule has 2 aliphatic heterocycles. The van der Waals surface area contributed by atoms with E-state index in [1.165, 1.54) is 8.96 Å². The molecule has 5 heteroatoms. The normalized spacial score (nSPS) is 18.0. The zero-order valence-corrected chi connectivity index (χ0v) is 12.9. The number of hydrogen-bond donors (Lipinski definition) is 0. The molecule has 2 aliphatic rings. The lowest BCUT2D eigenvalue weighted by atomic mass is 9.89. The molecule has 23 heavy (non-hydrogen) atoms. The van der Waals surface area contributed by atoms with E-state index in [-0.39, 0.29) is 0 Å². The van der Waals surface area contributed by atoms with Crippen LogP contribution in [-0.4, -0.2) is 21.6 Å². The molecule has 0 radical (unpaired) electrons. The van der Waals surface area contributed by atoms with Gasteiger partial charge in [0.2, 0.25) is 0 Å². The Morgan fingerprint density at radius 1 is 1.04 bits per heavy atom. The van der Waals surface area contributed by atoms with Crippen LogP contribution in [0.2, 0.25) is 0 Å². The van der Waals surface area contributed by atoms with Gasteiger partial charge in [-0.05, 0) is 24.1 Å². The molecule has 0 N–H and O–H groups in total. The molecule has 4 rings (SSSR count). The van der Waals surface area contributed by atoms with Gasteiger partial charge < -0.3 is 17.6 Å². The van der Waals surface area contributed by atoms with Crippen molar-refractivity contribution in [2.45, 2.75) is 19.8 Å². The van der Waals surface area contributed by atoms with Gasteiger partial charge in [0.1, 0.15) is 5.71 Å². The molecule has 0 spiro atoms. The van der Waals surface area contributed by atoms with Gasteiger partial charge in [0.15, 0.2) is 5.70 Å². The predicted octanol–water partition coefficient (Wildman–Crippen LogP) is 4.56. The molecule has 0 fully saturated rings. The summed E-state index contributed by atoms with van der Waals surface area (Å²) < 4.78 is 33.1. The van der Waals surface area contributed by atoms with Crippen LogP contribution in [0.25, 0.3) is 17.3 Å². The van der Waals surface area contributed by atoms with Crippen LogP contribution in [0, 0.1) is 0 Å². The van der Waals surface area contributed by atoms with E-state index in [1.807, 2.05) is 49.4 Å². The number of aromatic nitrogens is 1. The minimum absolute atomic E-state index is 0.558. The Balaban J connectivity index is 1.94. The molecule has 0 unspecified atom stereocenters. The molecule has 0 bridgehead atoms. The van der Waals surface area contributed by atoms with Crippen LogP contribution in [0.1, 0.15) is 25.5 Å². The Labute approximate surface area is 134 Å². The van der Waals surface area contributed by atoms with Crippen LogP contribution in [0.3, 0.4) is 0 Å². The van der Waals surface area contributed by atoms with Crippen LogP contribution >= 0.6 is 0 Å². The Hall–Kier alpha value is -2.43. The average Bonchev–Trinajstić information content (AvgIpc) is 3.14. The highest BCUT2D eigenvalue weighted by Gasteiger charge is 2.52. The van der Waals surface area contributed by atoms with Gasteiger partial charge in [-0.25, -0.2) is 0 Å². The van der Waals surface area contributed by atoms with E-state index in [1.54, 1.807) is 18.2 Å². The molecule has 2 nitrogen and oxygen atoms in total. The minimum atomic E-state index is -3.89. The zero-order chi connectivity index (χ0) is 16.0. The molecule has 116 valence electrons. The van der Waals surface area contributed by atoms with Crippen LogP contribution in [0.15, 0.2) is 60.3 Å². The Morgan fingerprint density at radius 2 is 1.83 bits per heavy atom. The monoisotopic (exact) mass is 310 g/mol. The van der Waals surface area contributed by atoms with E-state index in [0.717, 1.165) is 12.0 Å². The summed E-state index contributed by atoms with van der Waals surface area (Å²) in [6.07, 6.45) is 6.95. The van der Waals surface area contributed by atoms with Crippen LogP contribution < -0.4 is 0 Å². The topological polar surface area (TPSA) is 7.94 Å². The van der Waals surface area contributed by atoms with Crippen LogP contribution in [0.4, 0.5) is 8.63 Å². The molecular weight excluding hydrogens is 293 g/mol. The summed E-state index contributed by atoms with van der Waals surface area (Å²) in [5.41, 5.74) is 3.21. The Bertz CT molecular complexity index is 860. The highest BCUT2D eigenvalue weighted by Crippen LogP contribution is 2.36. The number of benzene rings is 1. The summed E-state index contributed by atoms with van der Waals surface area (Å²) in [6.45, 7) is -1.88. The number of fused-ring (bicyclic) bond motifs is 2. The van der Waals surface area contributed by atoms with Gasteiger partial charge >= 0.3 is 6.97 Å². The van der Waals surface area contributed by atoms with Gasteiger partial charge in [-0.1, -0.05) is 37.3 Å². The van der Waals surface area contributed by atoms with Gasteiger partial charge in [-0.2, -0.15) is 0 Å². The number of nitrogens with zero attached hydrogens (tertiary/aromatic N) is 2. The minimum Gasteiger partial charge on any atom is -0.390 e. The fourth-order valence-corrected chi connectivity index (χ4v) is 3.50.